The standard InChI is InChI=1S/C29H38FN3O3/c1-21(34)24-5-4-8-27(18-24)32-28(35)31-19-29(36,25-6-2-3-7-25)20-33-15-13-23(14-16-33)17-22-9-11-26(30)12-10-22/h4-5,8-12,18,23,25,36H,2-3,6-7,13-17,19-20H2,1H3,(H2,31,32,35). The van der Waals surface area contributed by atoms with Gasteiger partial charge in [-0.15, -0.1) is 0 Å². The number of hydrogen-bond acceptors (Lipinski definition) is 4. The SMILES string of the molecule is CC(=O)c1cccc(NC(=O)NCC(O)(CN2CCC(Cc3ccc(F)cc3)CC2)C2CCCC2)c1. The Labute approximate surface area is 213 Å². The minimum Gasteiger partial charge on any atom is -0.386 e. The minimum atomic E-state index is -0.987. The van der Waals surface area contributed by atoms with Gasteiger partial charge in [0.15, 0.2) is 5.78 Å². The Morgan fingerprint density at radius 2 is 1.75 bits per heavy atom. The van der Waals surface area contributed by atoms with Crippen molar-refractivity contribution in [2.75, 3.05) is 31.5 Å². The van der Waals surface area contributed by atoms with Gasteiger partial charge in [-0.25, -0.2) is 9.18 Å². The van der Waals surface area contributed by atoms with Gasteiger partial charge < -0.3 is 20.6 Å². The van der Waals surface area contributed by atoms with Gasteiger partial charge in [-0.1, -0.05) is 37.1 Å². The average Bonchev–Trinajstić information content (AvgIpc) is 3.42. The first kappa shape index (κ1) is 26.3. The summed E-state index contributed by atoms with van der Waals surface area (Å²) >= 11 is 0. The number of amides is 2. The van der Waals surface area contributed by atoms with Crippen LogP contribution in [0.2, 0.25) is 0 Å². The molecule has 194 valence electrons. The molecule has 4 rings (SSSR count). The zero-order chi connectivity index (χ0) is 25.5. The lowest BCUT2D eigenvalue weighted by Gasteiger charge is -2.41. The summed E-state index contributed by atoms with van der Waals surface area (Å²) in [5, 5.41) is 17.4. The maximum Gasteiger partial charge on any atom is 0.319 e. The van der Waals surface area contributed by atoms with Crippen LogP contribution in [0.25, 0.3) is 0 Å². The Morgan fingerprint density at radius 1 is 1.06 bits per heavy atom. The molecule has 2 aromatic rings. The number of rotatable bonds is 9. The molecule has 0 radical (unpaired) electrons. The Hall–Kier alpha value is -2.77. The van der Waals surface area contributed by atoms with Crippen molar-refractivity contribution in [3.05, 3.63) is 65.5 Å². The lowest BCUT2D eigenvalue weighted by molar-refractivity contribution is -0.0464. The van der Waals surface area contributed by atoms with Crippen molar-refractivity contribution in [3.8, 4) is 0 Å². The van der Waals surface area contributed by atoms with E-state index in [1.165, 1.54) is 24.6 Å². The van der Waals surface area contributed by atoms with Crippen molar-refractivity contribution < 1.29 is 19.1 Å². The number of piperidine rings is 1. The van der Waals surface area contributed by atoms with Crippen LogP contribution in [-0.4, -0.2) is 53.6 Å². The molecule has 1 saturated carbocycles. The number of likely N-dealkylation sites (tertiary alicyclic amines) is 1. The number of nitrogens with zero attached hydrogens (tertiary/aromatic N) is 1. The Balaban J connectivity index is 1.31. The van der Waals surface area contributed by atoms with Crippen LogP contribution in [0.3, 0.4) is 0 Å². The molecule has 0 bridgehead atoms. The number of benzene rings is 2. The summed E-state index contributed by atoms with van der Waals surface area (Å²) in [5.41, 5.74) is 1.27. The molecule has 2 amide bonds. The average molecular weight is 496 g/mol. The van der Waals surface area contributed by atoms with E-state index in [0.29, 0.717) is 23.7 Å². The van der Waals surface area contributed by atoms with E-state index >= 15 is 0 Å². The molecule has 6 nitrogen and oxygen atoms in total. The first-order chi connectivity index (χ1) is 17.3. The third-order valence-electron chi connectivity index (χ3n) is 7.84. The smallest absolute Gasteiger partial charge is 0.319 e. The second kappa shape index (κ2) is 12.0. The number of hydrogen-bond donors (Lipinski definition) is 3. The number of aliphatic hydroxyl groups is 1. The topological polar surface area (TPSA) is 81.7 Å². The van der Waals surface area contributed by atoms with Gasteiger partial charge in [-0.3, -0.25) is 4.79 Å². The van der Waals surface area contributed by atoms with Crippen LogP contribution >= 0.6 is 0 Å². The van der Waals surface area contributed by atoms with Crippen molar-refractivity contribution in [2.45, 2.75) is 57.5 Å². The molecule has 3 N–H and O–H groups in total. The van der Waals surface area contributed by atoms with E-state index in [-0.39, 0.29) is 30.1 Å². The molecule has 1 heterocycles. The van der Waals surface area contributed by atoms with Gasteiger partial charge >= 0.3 is 6.03 Å². The number of carbonyl (C=O) groups is 2. The maximum atomic E-state index is 13.2. The summed E-state index contributed by atoms with van der Waals surface area (Å²) in [5.74, 6) is 0.458. The van der Waals surface area contributed by atoms with Crippen LogP contribution in [0.5, 0.6) is 0 Å². The van der Waals surface area contributed by atoms with Gasteiger partial charge in [0.2, 0.25) is 0 Å². The zero-order valence-corrected chi connectivity index (χ0v) is 21.1. The van der Waals surface area contributed by atoms with Crippen LogP contribution < -0.4 is 10.6 Å². The second-order valence-corrected chi connectivity index (χ2v) is 10.6. The highest BCUT2D eigenvalue weighted by Gasteiger charge is 2.40. The predicted octanol–water partition coefficient (Wildman–Crippen LogP) is 5.03. The fourth-order valence-electron chi connectivity index (χ4n) is 5.71. The van der Waals surface area contributed by atoms with Gasteiger partial charge in [0.05, 0.1) is 5.60 Å². The summed E-state index contributed by atoms with van der Waals surface area (Å²) in [6.45, 7) is 4.04. The first-order valence-electron chi connectivity index (χ1n) is 13.2. The number of carbonyl (C=O) groups excluding carboxylic acids is 2. The number of β-amino-alcohol motifs (C(OH)–C–C–N with tert-alkyl or cyclic N) is 1. The van der Waals surface area contributed by atoms with E-state index in [0.717, 1.165) is 58.0 Å². The highest BCUT2D eigenvalue weighted by molar-refractivity contribution is 5.96. The number of urea groups is 1. The Bertz CT molecular complexity index is 1030. The lowest BCUT2D eigenvalue weighted by atomic mass is 9.83. The largest absolute Gasteiger partial charge is 0.386 e. The second-order valence-electron chi connectivity index (χ2n) is 10.6. The molecule has 1 saturated heterocycles. The van der Waals surface area contributed by atoms with E-state index in [9.17, 15) is 19.1 Å². The summed E-state index contributed by atoms with van der Waals surface area (Å²) < 4.78 is 13.2. The highest BCUT2D eigenvalue weighted by Crippen LogP contribution is 2.35. The normalized spacial score (nSPS) is 19.1. The molecule has 1 atom stereocenters. The molecule has 1 aliphatic heterocycles. The Kier molecular flexibility index (Phi) is 8.75. The summed E-state index contributed by atoms with van der Waals surface area (Å²) in [7, 11) is 0. The molecule has 2 fully saturated rings. The van der Waals surface area contributed by atoms with Crippen molar-refractivity contribution >= 4 is 17.5 Å². The summed E-state index contributed by atoms with van der Waals surface area (Å²) in [6, 6.07) is 13.2. The molecule has 0 spiro atoms. The highest BCUT2D eigenvalue weighted by atomic mass is 19.1. The summed E-state index contributed by atoms with van der Waals surface area (Å²) in [4.78, 5) is 26.6. The first-order valence-corrected chi connectivity index (χ1v) is 13.2. The van der Waals surface area contributed by atoms with E-state index in [1.807, 2.05) is 12.1 Å². The van der Waals surface area contributed by atoms with Crippen LogP contribution in [0.4, 0.5) is 14.9 Å². The van der Waals surface area contributed by atoms with Crippen molar-refractivity contribution in [1.29, 1.82) is 0 Å². The number of ketones is 1. The third kappa shape index (κ3) is 7.14. The van der Waals surface area contributed by atoms with Crippen LogP contribution in [0.15, 0.2) is 48.5 Å². The minimum absolute atomic E-state index is 0.0592. The van der Waals surface area contributed by atoms with E-state index in [2.05, 4.69) is 15.5 Å². The molecular weight excluding hydrogens is 457 g/mol. The predicted molar refractivity (Wildman–Crippen MR) is 140 cm³/mol. The number of halogens is 1. The lowest BCUT2D eigenvalue weighted by Crippen LogP contribution is -2.56. The van der Waals surface area contributed by atoms with Gasteiger partial charge in [0.1, 0.15) is 5.82 Å². The van der Waals surface area contributed by atoms with Crippen LogP contribution in [0.1, 0.15) is 61.4 Å². The zero-order valence-electron chi connectivity index (χ0n) is 21.1. The number of nitrogens with one attached hydrogen (secondary N) is 2. The van der Waals surface area contributed by atoms with Gasteiger partial charge in [-0.2, -0.15) is 0 Å². The molecule has 1 aliphatic carbocycles. The van der Waals surface area contributed by atoms with E-state index in [4.69, 9.17) is 0 Å². The van der Waals surface area contributed by atoms with Gasteiger partial charge in [0.25, 0.3) is 0 Å². The maximum absolute atomic E-state index is 13.2. The summed E-state index contributed by atoms with van der Waals surface area (Å²) in [6.07, 6.45) is 7.20. The van der Waals surface area contributed by atoms with Crippen LogP contribution in [0, 0.1) is 17.7 Å². The van der Waals surface area contributed by atoms with E-state index in [1.54, 1.807) is 24.3 Å². The quantitative estimate of drug-likeness (QED) is 0.427. The molecule has 2 aromatic carbocycles. The molecule has 7 heteroatoms. The fraction of sp³-hybridized carbons (Fsp3) is 0.517. The van der Waals surface area contributed by atoms with Crippen molar-refractivity contribution in [2.24, 2.45) is 11.8 Å². The van der Waals surface area contributed by atoms with Crippen molar-refractivity contribution in [1.82, 2.24) is 10.2 Å². The van der Waals surface area contributed by atoms with E-state index < -0.39 is 5.60 Å². The molecule has 0 aromatic heterocycles. The van der Waals surface area contributed by atoms with Gasteiger partial charge in [0, 0.05) is 24.3 Å². The fourth-order valence-corrected chi connectivity index (χ4v) is 5.71. The van der Waals surface area contributed by atoms with Crippen molar-refractivity contribution in [3.63, 3.8) is 0 Å². The van der Waals surface area contributed by atoms with Gasteiger partial charge in [-0.05, 0) is 93.8 Å². The number of anilines is 1. The van der Waals surface area contributed by atoms with Crippen LogP contribution in [-0.2, 0) is 6.42 Å². The molecule has 1 unspecified atom stereocenters. The monoisotopic (exact) mass is 495 g/mol. The Morgan fingerprint density at radius 3 is 2.42 bits per heavy atom. The molecular formula is C29H38FN3O3. The third-order valence-corrected chi connectivity index (χ3v) is 7.84. The molecule has 2 aliphatic rings. The number of Topliss-reactive ketones (excluding diaryl/α,β-unsaturated/α-hetero) is 1. The molecule has 36 heavy (non-hydrogen) atoms.